The Hall–Kier alpha value is -2.07. The first-order valence-electron chi connectivity index (χ1n) is 6.93. The van der Waals surface area contributed by atoms with Crippen molar-refractivity contribution in [3.05, 3.63) is 58.9 Å². The van der Waals surface area contributed by atoms with Gasteiger partial charge in [0.25, 0.3) is 0 Å². The van der Waals surface area contributed by atoms with E-state index in [0.717, 1.165) is 22.4 Å². The van der Waals surface area contributed by atoms with Crippen molar-refractivity contribution in [3.8, 4) is 11.5 Å². The standard InChI is InChI=1S/C17H18FNO2/c1-10-3-6-14(18)15(7-10)21-16-8-11-4-5-12(20-2)9-13(11)17(16)19/h3-7,9,16-17H,8,19H2,1-2H3. The van der Waals surface area contributed by atoms with Crippen LogP contribution in [-0.2, 0) is 6.42 Å². The lowest BCUT2D eigenvalue weighted by molar-refractivity contribution is 0.177. The number of methoxy groups -OCH3 is 1. The van der Waals surface area contributed by atoms with Gasteiger partial charge in [-0.2, -0.15) is 0 Å². The molecule has 3 rings (SSSR count). The van der Waals surface area contributed by atoms with Crippen LogP contribution in [0.1, 0.15) is 22.7 Å². The number of hydrogen-bond acceptors (Lipinski definition) is 3. The number of fused-ring (bicyclic) bond motifs is 1. The van der Waals surface area contributed by atoms with Crippen LogP contribution in [0.15, 0.2) is 36.4 Å². The van der Waals surface area contributed by atoms with Crippen molar-refractivity contribution in [1.82, 2.24) is 0 Å². The van der Waals surface area contributed by atoms with Gasteiger partial charge in [0, 0.05) is 6.42 Å². The molecule has 2 aromatic rings. The maximum Gasteiger partial charge on any atom is 0.165 e. The minimum absolute atomic E-state index is 0.259. The first kappa shape index (κ1) is 13.9. The topological polar surface area (TPSA) is 44.5 Å². The van der Waals surface area contributed by atoms with E-state index >= 15 is 0 Å². The molecule has 2 unspecified atom stereocenters. The summed E-state index contributed by atoms with van der Waals surface area (Å²) in [4.78, 5) is 0. The molecule has 0 aliphatic heterocycles. The van der Waals surface area contributed by atoms with Crippen LogP contribution in [0.5, 0.6) is 11.5 Å². The van der Waals surface area contributed by atoms with E-state index in [2.05, 4.69) is 0 Å². The number of benzene rings is 2. The summed E-state index contributed by atoms with van der Waals surface area (Å²) < 4.78 is 24.8. The van der Waals surface area contributed by atoms with Crippen molar-refractivity contribution in [2.45, 2.75) is 25.5 Å². The third-order valence-electron chi connectivity index (χ3n) is 3.90. The lowest BCUT2D eigenvalue weighted by Crippen LogP contribution is -2.28. The summed E-state index contributed by atoms with van der Waals surface area (Å²) in [6, 6.07) is 10.4. The Balaban J connectivity index is 1.84. The molecule has 0 heterocycles. The van der Waals surface area contributed by atoms with Crippen molar-refractivity contribution in [2.75, 3.05) is 7.11 Å². The normalized spacial score (nSPS) is 20.2. The highest BCUT2D eigenvalue weighted by molar-refractivity contribution is 5.42. The Morgan fingerprint density at radius 1 is 1.19 bits per heavy atom. The summed E-state index contributed by atoms with van der Waals surface area (Å²) in [6.07, 6.45) is 0.414. The molecule has 3 nitrogen and oxygen atoms in total. The fourth-order valence-electron chi connectivity index (χ4n) is 2.72. The largest absolute Gasteiger partial charge is 0.497 e. The van der Waals surface area contributed by atoms with Crippen molar-refractivity contribution in [2.24, 2.45) is 5.73 Å². The lowest BCUT2D eigenvalue weighted by Gasteiger charge is -2.19. The quantitative estimate of drug-likeness (QED) is 0.943. The molecule has 1 aliphatic rings. The second kappa shape index (κ2) is 5.37. The zero-order valence-corrected chi connectivity index (χ0v) is 12.1. The number of hydrogen-bond donors (Lipinski definition) is 1. The zero-order chi connectivity index (χ0) is 15.0. The van der Waals surface area contributed by atoms with Gasteiger partial charge < -0.3 is 15.2 Å². The molecule has 0 aromatic heterocycles. The molecule has 4 heteroatoms. The fourth-order valence-corrected chi connectivity index (χ4v) is 2.72. The van der Waals surface area contributed by atoms with Crippen molar-refractivity contribution in [3.63, 3.8) is 0 Å². The van der Waals surface area contributed by atoms with Gasteiger partial charge >= 0.3 is 0 Å². The SMILES string of the molecule is COc1ccc2c(c1)C(N)C(Oc1cc(C)ccc1F)C2. The van der Waals surface area contributed by atoms with Crippen LogP contribution in [0.4, 0.5) is 4.39 Å². The lowest BCUT2D eigenvalue weighted by atomic mass is 10.1. The number of ether oxygens (including phenoxy) is 2. The molecule has 0 saturated heterocycles. The fraction of sp³-hybridized carbons (Fsp3) is 0.294. The summed E-state index contributed by atoms with van der Waals surface area (Å²) in [6.45, 7) is 1.90. The number of rotatable bonds is 3. The average molecular weight is 287 g/mol. The monoisotopic (exact) mass is 287 g/mol. The van der Waals surface area contributed by atoms with Gasteiger partial charge in [-0.1, -0.05) is 12.1 Å². The summed E-state index contributed by atoms with van der Waals surface area (Å²) in [5, 5.41) is 0. The zero-order valence-electron chi connectivity index (χ0n) is 12.1. The van der Waals surface area contributed by atoms with Gasteiger partial charge in [0.2, 0.25) is 0 Å². The minimum Gasteiger partial charge on any atom is -0.497 e. The number of aryl methyl sites for hydroxylation is 1. The molecule has 0 radical (unpaired) electrons. The molecule has 0 fully saturated rings. The van der Waals surface area contributed by atoms with E-state index in [9.17, 15) is 4.39 Å². The Bertz CT molecular complexity index is 672. The van der Waals surface area contributed by atoms with Crippen molar-refractivity contribution >= 4 is 0 Å². The van der Waals surface area contributed by atoms with Crippen LogP contribution < -0.4 is 15.2 Å². The van der Waals surface area contributed by atoms with Crippen LogP contribution in [-0.4, -0.2) is 13.2 Å². The number of halogens is 1. The molecular weight excluding hydrogens is 269 g/mol. The van der Waals surface area contributed by atoms with E-state index in [4.69, 9.17) is 15.2 Å². The molecule has 2 atom stereocenters. The molecule has 2 aromatic carbocycles. The van der Waals surface area contributed by atoms with Crippen LogP contribution in [0, 0.1) is 12.7 Å². The highest BCUT2D eigenvalue weighted by Crippen LogP contribution is 2.35. The average Bonchev–Trinajstić information content (AvgIpc) is 2.79. The van der Waals surface area contributed by atoms with Crippen LogP contribution in [0.25, 0.3) is 0 Å². The second-order valence-corrected chi connectivity index (χ2v) is 5.38. The predicted molar refractivity (Wildman–Crippen MR) is 79.2 cm³/mol. The first-order chi connectivity index (χ1) is 10.1. The van der Waals surface area contributed by atoms with E-state index in [0.29, 0.717) is 6.42 Å². The van der Waals surface area contributed by atoms with Gasteiger partial charge in [-0.25, -0.2) is 4.39 Å². The maximum absolute atomic E-state index is 13.8. The van der Waals surface area contributed by atoms with E-state index in [-0.39, 0.29) is 23.7 Å². The summed E-state index contributed by atoms with van der Waals surface area (Å²) in [7, 11) is 1.62. The summed E-state index contributed by atoms with van der Waals surface area (Å²) in [5.74, 6) is 0.670. The Labute approximate surface area is 123 Å². The summed E-state index contributed by atoms with van der Waals surface area (Å²) in [5.41, 5.74) is 9.34. The maximum atomic E-state index is 13.8. The molecule has 21 heavy (non-hydrogen) atoms. The van der Waals surface area contributed by atoms with Crippen molar-refractivity contribution in [1.29, 1.82) is 0 Å². The smallest absolute Gasteiger partial charge is 0.165 e. The van der Waals surface area contributed by atoms with Crippen LogP contribution in [0.3, 0.4) is 0 Å². The van der Waals surface area contributed by atoms with Gasteiger partial charge in [0.1, 0.15) is 11.9 Å². The molecule has 0 amide bonds. The third-order valence-corrected chi connectivity index (χ3v) is 3.90. The predicted octanol–water partition coefficient (Wildman–Crippen LogP) is 3.15. The molecule has 110 valence electrons. The highest BCUT2D eigenvalue weighted by Gasteiger charge is 2.32. The van der Waals surface area contributed by atoms with Gasteiger partial charge in [-0.3, -0.25) is 0 Å². The van der Waals surface area contributed by atoms with E-state index in [1.165, 1.54) is 6.07 Å². The Morgan fingerprint density at radius 2 is 2.00 bits per heavy atom. The molecule has 1 aliphatic carbocycles. The van der Waals surface area contributed by atoms with Gasteiger partial charge in [0.15, 0.2) is 11.6 Å². The highest BCUT2D eigenvalue weighted by atomic mass is 19.1. The van der Waals surface area contributed by atoms with Gasteiger partial charge in [0.05, 0.1) is 13.2 Å². The molecule has 2 N–H and O–H groups in total. The van der Waals surface area contributed by atoms with Gasteiger partial charge in [-0.05, 0) is 47.9 Å². The van der Waals surface area contributed by atoms with Crippen LogP contribution >= 0.6 is 0 Å². The molecule has 0 spiro atoms. The number of nitrogens with two attached hydrogens (primary N) is 1. The molecule has 0 bridgehead atoms. The molecule has 0 saturated carbocycles. The third kappa shape index (κ3) is 2.59. The molecular formula is C17H18FNO2. The summed E-state index contributed by atoms with van der Waals surface area (Å²) >= 11 is 0. The first-order valence-corrected chi connectivity index (χ1v) is 6.93. The minimum atomic E-state index is -0.360. The Kier molecular flexibility index (Phi) is 3.55. The van der Waals surface area contributed by atoms with Crippen LogP contribution in [0.2, 0.25) is 0 Å². The Morgan fingerprint density at radius 3 is 2.76 bits per heavy atom. The van der Waals surface area contributed by atoms with E-state index in [1.54, 1.807) is 19.2 Å². The van der Waals surface area contributed by atoms with E-state index < -0.39 is 0 Å². The van der Waals surface area contributed by atoms with Crippen molar-refractivity contribution < 1.29 is 13.9 Å². The second-order valence-electron chi connectivity index (χ2n) is 5.38. The van der Waals surface area contributed by atoms with E-state index in [1.807, 2.05) is 25.1 Å². The van der Waals surface area contributed by atoms with Gasteiger partial charge in [-0.15, -0.1) is 0 Å².